The number of hydrogen-bond donors (Lipinski definition) is 3. The Balaban J connectivity index is 0.959. The molecule has 0 saturated carbocycles. The molecule has 10 rings (SSSR count). The molecule has 5 aromatic rings. The number of carbonyl (C=O) groups is 1. The number of piperazine rings is 1. The summed E-state index contributed by atoms with van der Waals surface area (Å²) in [5.41, 5.74) is 7.01. The third-order valence-corrected chi connectivity index (χ3v) is 19.0. The highest BCUT2D eigenvalue weighted by Crippen LogP contribution is 2.51. The molecule has 15 nitrogen and oxygen atoms in total. The molecule has 69 heavy (non-hydrogen) atoms. The molecule has 3 saturated heterocycles. The number of aromatic nitrogens is 2. The number of H-pyrrole nitrogens is 1. The summed E-state index contributed by atoms with van der Waals surface area (Å²) in [6.45, 7) is 11.3. The number of halogens is 1. The van der Waals surface area contributed by atoms with Gasteiger partial charge in [-0.05, 0) is 109 Å². The van der Waals surface area contributed by atoms with Crippen molar-refractivity contribution in [2.75, 3.05) is 92.3 Å². The zero-order valence-corrected chi connectivity index (χ0v) is 42.0. The molecule has 2 aromatic heterocycles. The molecule has 19 heteroatoms. The standard InChI is InChI=1S/C50H57ClN8O7S3/c1-49(2)15-11-36(41(28-49)34-3-5-37(51)6-4-34)30-56-17-19-57(20-18-56)38-7-9-40(43(26-38)58-31-50(67-23-24-68-50)32-66-48-45(58)25-35-12-16-52-46(35)54-48)47(60)55-69(63,64)39-8-10-42(44(27-39)59(61)62)53-29-33-13-21-65-22-14-33/h3-10,12,16,25-27,33,53H,11,13-15,17-24,28-32H2,1-2H3,(H,52,54)(H,55,60). The first-order valence-corrected chi connectivity index (χ1v) is 27.5. The van der Waals surface area contributed by atoms with Crippen molar-refractivity contribution in [2.24, 2.45) is 11.3 Å². The zero-order chi connectivity index (χ0) is 47.9. The summed E-state index contributed by atoms with van der Waals surface area (Å²) in [4.78, 5) is 41.0. The number of rotatable bonds is 12. The van der Waals surface area contributed by atoms with Crippen molar-refractivity contribution in [3.63, 3.8) is 0 Å². The highest BCUT2D eigenvalue weighted by Gasteiger charge is 2.43. The summed E-state index contributed by atoms with van der Waals surface area (Å²) in [6.07, 6.45) is 6.67. The molecule has 1 spiro atoms. The molecule has 6 heterocycles. The number of benzene rings is 3. The first-order valence-electron chi connectivity index (χ1n) is 23.6. The van der Waals surface area contributed by atoms with E-state index in [9.17, 15) is 23.3 Å². The van der Waals surface area contributed by atoms with Gasteiger partial charge in [-0.25, -0.2) is 13.1 Å². The SMILES string of the molecule is CC1(C)CCC(CN2CCN(c3ccc(C(=O)NS(=O)(=O)c4ccc(NCC5CCOCC5)c([N+](=O)[O-])c4)c(N4CC5(COc6nc7[nH]ccc7cc64)SCCS5)c3)CC2)=C(c2ccc(Cl)cc2)C1. The van der Waals surface area contributed by atoms with Crippen LogP contribution < -0.4 is 24.6 Å². The van der Waals surface area contributed by atoms with Crippen molar-refractivity contribution in [1.29, 1.82) is 0 Å². The van der Waals surface area contributed by atoms with Gasteiger partial charge in [0, 0.05) is 92.3 Å². The smallest absolute Gasteiger partial charge is 0.293 e. The van der Waals surface area contributed by atoms with Crippen LogP contribution in [0.3, 0.4) is 0 Å². The minimum absolute atomic E-state index is 0.122. The van der Waals surface area contributed by atoms with Crippen LogP contribution in [-0.4, -0.2) is 115 Å². The molecule has 1 amide bonds. The first-order chi connectivity index (χ1) is 33.2. The number of aromatic amines is 1. The van der Waals surface area contributed by atoms with Gasteiger partial charge in [-0.15, -0.1) is 23.5 Å². The quantitative estimate of drug-likeness (QED) is 0.0796. The van der Waals surface area contributed by atoms with Gasteiger partial charge in [0.25, 0.3) is 21.6 Å². The molecule has 3 N–H and O–H groups in total. The number of ether oxygens (including phenoxy) is 2. The molecule has 0 unspecified atom stereocenters. The van der Waals surface area contributed by atoms with Crippen LogP contribution >= 0.6 is 35.1 Å². The maximum absolute atomic E-state index is 14.7. The van der Waals surface area contributed by atoms with E-state index in [0.717, 1.165) is 98.5 Å². The Bertz CT molecular complexity index is 2890. The Morgan fingerprint density at radius 3 is 2.51 bits per heavy atom. The number of fused-ring (bicyclic) bond motifs is 2. The lowest BCUT2D eigenvalue weighted by Crippen LogP contribution is -2.47. The molecule has 0 bridgehead atoms. The second-order valence-electron chi connectivity index (χ2n) is 19.4. The molecule has 364 valence electrons. The number of allylic oxidation sites excluding steroid dienone is 1. The molecule has 1 aliphatic carbocycles. The van der Waals surface area contributed by atoms with E-state index in [2.05, 4.69) is 55.7 Å². The summed E-state index contributed by atoms with van der Waals surface area (Å²) in [5, 5.41) is 17.0. The van der Waals surface area contributed by atoms with Gasteiger partial charge in [0.15, 0.2) is 0 Å². The first kappa shape index (κ1) is 47.7. The van der Waals surface area contributed by atoms with Gasteiger partial charge in [-0.3, -0.25) is 19.8 Å². The highest BCUT2D eigenvalue weighted by atomic mass is 35.5. The zero-order valence-electron chi connectivity index (χ0n) is 38.8. The van der Waals surface area contributed by atoms with Gasteiger partial charge in [-0.1, -0.05) is 43.2 Å². The van der Waals surface area contributed by atoms with E-state index in [0.29, 0.717) is 55.8 Å². The summed E-state index contributed by atoms with van der Waals surface area (Å²) in [5.74, 6) is 1.66. The van der Waals surface area contributed by atoms with Crippen molar-refractivity contribution in [3.8, 4) is 5.88 Å². The number of amides is 1. The average Bonchev–Trinajstić information content (AvgIpc) is 3.99. The predicted octanol–water partition coefficient (Wildman–Crippen LogP) is 9.57. The van der Waals surface area contributed by atoms with Gasteiger partial charge >= 0.3 is 0 Å². The maximum atomic E-state index is 14.7. The largest absolute Gasteiger partial charge is 0.474 e. The average molecular weight is 1010 g/mol. The lowest BCUT2D eigenvalue weighted by molar-refractivity contribution is -0.384. The van der Waals surface area contributed by atoms with Gasteiger partial charge in [0.05, 0.1) is 27.6 Å². The second-order valence-corrected chi connectivity index (χ2v) is 24.7. The van der Waals surface area contributed by atoms with Gasteiger partial charge in [0.2, 0.25) is 5.88 Å². The Kier molecular flexibility index (Phi) is 13.6. The summed E-state index contributed by atoms with van der Waals surface area (Å²) >= 11 is 9.92. The number of nitrogens with zero attached hydrogens (tertiary/aromatic N) is 5. The van der Waals surface area contributed by atoms with Crippen LogP contribution in [0.2, 0.25) is 5.02 Å². The Labute approximate surface area is 416 Å². The lowest BCUT2D eigenvalue weighted by atomic mass is 9.72. The number of carbonyl (C=O) groups excluding carboxylic acids is 1. The van der Waals surface area contributed by atoms with E-state index in [1.165, 1.54) is 28.8 Å². The Hall–Kier alpha value is -4.98. The second kappa shape index (κ2) is 19.7. The molecule has 3 fully saturated rings. The van der Waals surface area contributed by atoms with Crippen molar-refractivity contribution in [2.45, 2.75) is 54.9 Å². The minimum atomic E-state index is -4.60. The third-order valence-electron chi connectivity index (χ3n) is 14.1. The van der Waals surface area contributed by atoms with E-state index in [-0.39, 0.29) is 22.6 Å². The van der Waals surface area contributed by atoms with E-state index < -0.39 is 35.5 Å². The van der Waals surface area contributed by atoms with Gasteiger partial charge in [-0.2, -0.15) is 4.98 Å². The van der Waals surface area contributed by atoms with Crippen molar-refractivity contribution in [1.82, 2.24) is 19.6 Å². The molecule has 0 radical (unpaired) electrons. The molecule has 5 aliphatic rings. The van der Waals surface area contributed by atoms with E-state index >= 15 is 0 Å². The van der Waals surface area contributed by atoms with Gasteiger partial charge in [0.1, 0.15) is 27.7 Å². The van der Waals surface area contributed by atoms with Crippen LogP contribution in [0, 0.1) is 21.4 Å². The molecule has 4 aliphatic heterocycles. The molecular weight excluding hydrogens is 956 g/mol. The maximum Gasteiger partial charge on any atom is 0.293 e. The topological polar surface area (TPSA) is 175 Å². The summed E-state index contributed by atoms with van der Waals surface area (Å²) in [6, 6.07) is 21.4. The summed E-state index contributed by atoms with van der Waals surface area (Å²) < 4.78 is 42.1. The molecule has 0 atom stereocenters. The normalized spacial score (nSPS) is 19.9. The fourth-order valence-corrected chi connectivity index (χ4v) is 14.2. The monoisotopic (exact) mass is 1010 g/mol. The third kappa shape index (κ3) is 10.4. The van der Waals surface area contributed by atoms with Crippen molar-refractivity contribution in [3.05, 3.63) is 111 Å². The van der Waals surface area contributed by atoms with Crippen LogP contribution in [0.4, 0.5) is 28.4 Å². The van der Waals surface area contributed by atoms with Crippen LogP contribution in [0.15, 0.2) is 89.5 Å². The van der Waals surface area contributed by atoms with Crippen LogP contribution in [0.25, 0.3) is 16.6 Å². The fraction of sp³-hybridized carbons (Fsp3) is 0.440. The van der Waals surface area contributed by atoms with Crippen molar-refractivity contribution >= 4 is 96.1 Å². The molecular formula is C50H57ClN8O7S3. The number of hydrogen-bond acceptors (Lipinski definition) is 14. The fourth-order valence-electron chi connectivity index (χ4n) is 10.1. The highest BCUT2D eigenvalue weighted by molar-refractivity contribution is 8.21. The van der Waals surface area contributed by atoms with Crippen LogP contribution in [0.1, 0.15) is 61.9 Å². The number of sulfonamides is 1. The minimum Gasteiger partial charge on any atom is -0.474 e. The van der Waals surface area contributed by atoms with Gasteiger partial charge < -0.3 is 29.6 Å². The van der Waals surface area contributed by atoms with Crippen molar-refractivity contribution < 1.29 is 27.6 Å². The lowest BCUT2D eigenvalue weighted by Gasteiger charge is -2.40. The molecule has 3 aromatic carbocycles. The Morgan fingerprint density at radius 1 is 0.986 bits per heavy atom. The van der Waals surface area contributed by atoms with E-state index in [4.69, 9.17) is 26.1 Å². The number of nitrogens with one attached hydrogen (secondary N) is 3. The summed E-state index contributed by atoms with van der Waals surface area (Å²) in [7, 11) is -4.60. The Morgan fingerprint density at radius 2 is 1.75 bits per heavy atom. The number of anilines is 4. The number of nitro benzene ring substituents is 1. The predicted molar refractivity (Wildman–Crippen MR) is 277 cm³/mol. The van der Waals surface area contributed by atoms with E-state index in [1.807, 2.05) is 66.1 Å². The van der Waals surface area contributed by atoms with Crippen LogP contribution in [0.5, 0.6) is 5.88 Å². The van der Waals surface area contributed by atoms with E-state index in [1.54, 1.807) is 6.07 Å². The number of thioether (sulfide) groups is 2. The number of nitro groups is 1. The van der Waals surface area contributed by atoms with Crippen LogP contribution in [-0.2, 0) is 14.8 Å². The number of pyridine rings is 1.